The van der Waals surface area contributed by atoms with Crippen LogP contribution in [0.15, 0.2) is 30.6 Å². The molecule has 0 aliphatic carbocycles. The number of aromatic carboxylic acids is 1. The summed E-state index contributed by atoms with van der Waals surface area (Å²) in [6, 6.07) is 5.67. The Kier molecular flexibility index (Phi) is 6.16. The van der Waals surface area contributed by atoms with Crippen LogP contribution in [-0.2, 0) is 0 Å². The van der Waals surface area contributed by atoms with Gasteiger partial charge in [0.1, 0.15) is 5.82 Å². The molecule has 1 aromatic carbocycles. The van der Waals surface area contributed by atoms with Gasteiger partial charge in [-0.1, -0.05) is 19.9 Å². The fourth-order valence-corrected chi connectivity index (χ4v) is 2.15. The Labute approximate surface area is 147 Å². The monoisotopic (exact) mass is 345 g/mol. The van der Waals surface area contributed by atoms with Crippen molar-refractivity contribution in [2.75, 3.05) is 19.0 Å². The number of ether oxygens (including phenoxy) is 2. The van der Waals surface area contributed by atoms with Crippen molar-refractivity contribution < 1.29 is 19.4 Å². The van der Waals surface area contributed by atoms with E-state index in [9.17, 15) is 4.79 Å². The first-order chi connectivity index (χ1) is 11.9. The number of aromatic nitrogens is 2. The molecular weight excluding hydrogens is 322 g/mol. The molecule has 2 N–H and O–H groups in total. The molecule has 0 fully saturated rings. The van der Waals surface area contributed by atoms with E-state index >= 15 is 0 Å². The lowest BCUT2D eigenvalue weighted by Crippen LogP contribution is -2.10. The van der Waals surface area contributed by atoms with E-state index in [0.717, 1.165) is 5.56 Å². The molecule has 0 amide bonds. The molecule has 0 saturated carbocycles. The van der Waals surface area contributed by atoms with Gasteiger partial charge in [0.05, 0.1) is 32.2 Å². The topological polar surface area (TPSA) is 93.6 Å². The van der Waals surface area contributed by atoms with Crippen LogP contribution in [0.1, 0.15) is 42.9 Å². The molecular formula is C18H23N3O4. The average Bonchev–Trinajstić information content (AvgIpc) is 2.60. The maximum Gasteiger partial charge on any atom is 0.356 e. The van der Waals surface area contributed by atoms with Crippen molar-refractivity contribution in [2.45, 2.75) is 26.8 Å². The van der Waals surface area contributed by atoms with Crippen LogP contribution in [0.5, 0.6) is 11.5 Å². The van der Waals surface area contributed by atoms with Gasteiger partial charge in [-0.15, -0.1) is 0 Å². The Hall–Kier alpha value is -2.83. The summed E-state index contributed by atoms with van der Waals surface area (Å²) in [7, 11) is 1.61. The number of carbonyl (C=O) groups is 1. The van der Waals surface area contributed by atoms with Crippen LogP contribution < -0.4 is 14.8 Å². The second-order valence-corrected chi connectivity index (χ2v) is 6.07. The number of nitrogens with one attached hydrogen (secondary N) is 1. The zero-order valence-corrected chi connectivity index (χ0v) is 14.8. The van der Waals surface area contributed by atoms with E-state index in [-0.39, 0.29) is 11.7 Å². The van der Waals surface area contributed by atoms with E-state index in [1.54, 1.807) is 7.11 Å². The first kappa shape index (κ1) is 18.5. The molecule has 0 aliphatic heterocycles. The minimum atomic E-state index is -1.10. The van der Waals surface area contributed by atoms with Crippen molar-refractivity contribution in [3.05, 3.63) is 41.9 Å². The Bertz CT molecular complexity index is 717. The van der Waals surface area contributed by atoms with Crippen molar-refractivity contribution in [1.29, 1.82) is 0 Å². The van der Waals surface area contributed by atoms with Crippen molar-refractivity contribution >= 4 is 11.8 Å². The molecule has 25 heavy (non-hydrogen) atoms. The van der Waals surface area contributed by atoms with Crippen LogP contribution in [0.25, 0.3) is 0 Å². The lowest BCUT2D eigenvalue weighted by atomic mass is 10.1. The van der Waals surface area contributed by atoms with Crippen LogP contribution in [-0.4, -0.2) is 34.8 Å². The maximum absolute atomic E-state index is 10.8. The number of rotatable bonds is 8. The van der Waals surface area contributed by atoms with Gasteiger partial charge < -0.3 is 19.9 Å². The predicted octanol–water partition coefficient (Wildman–Crippen LogP) is 3.39. The van der Waals surface area contributed by atoms with E-state index in [4.69, 9.17) is 14.6 Å². The second-order valence-electron chi connectivity index (χ2n) is 6.07. The van der Waals surface area contributed by atoms with E-state index in [2.05, 4.69) is 29.1 Å². The highest BCUT2D eigenvalue weighted by molar-refractivity contribution is 5.84. The fourth-order valence-electron chi connectivity index (χ4n) is 2.15. The summed E-state index contributed by atoms with van der Waals surface area (Å²) < 4.78 is 11.2. The Morgan fingerprint density at radius 1 is 1.20 bits per heavy atom. The first-order valence-corrected chi connectivity index (χ1v) is 8.03. The number of anilines is 1. The smallest absolute Gasteiger partial charge is 0.356 e. The van der Waals surface area contributed by atoms with E-state index in [1.165, 1.54) is 12.4 Å². The lowest BCUT2D eigenvalue weighted by Gasteiger charge is -2.18. The average molecular weight is 345 g/mol. The SMILES string of the molecule is COc1cc(C(C)Nc2cnc(C(=O)O)cn2)ccc1OCC(C)C. The lowest BCUT2D eigenvalue weighted by molar-refractivity contribution is 0.0690. The van der Waals surface area contributed by atoms with Crippen LogP contribution >= 0.6 is 0 Å². The van der Waals surface area contributed by atoms with Gasteiger partial charge in [-0.3, -0.25) is 0 Å². The molecule has 0 saturated heterocycles. The Balaban J connectivity index is 2.10. The quantitative estimate of drug-likeness (QED) is 0.757. The van der Waals surface area contributed by atoms with Gasteiger partial charge in [-0.2, -0.15) is 0 Å². The van der Waals surface area contributed by atoms with Crippen LogP contribution in [0.3, 0.4) is 0 Å². The number of methoxy groups -OCH3 is 1. The van der Waals surface area contributed by atoms with Crippen LogP contribution in [0.4, 0.5) is 5.82 Å². The predicted molar refractivity (Wildman–Crippen MR) is 94.4 cm³/mol. The summed E-state index contributed by atoms with van der Waals surface area (Å²) in [6.45, 7) is 6.76. The third-order valence-electron chi connectivity index (χ3n) is 3.50. The number of hydrogen-bond donors (Lipinski definition) is 2. The van der Waals surface area contributed by atoms with Crippen molar-refractivity contribution in [1.82, 2.24) is 9.97 Å². The highest BCUT2D eigenvalue weighted by Crippen LogP contribution is 2.31. The molecule has 1 heterocycles. The minimum absolute atomic E-state index is 0.0713. The van der Waals surface area contributed by atoms with E-state index in [0.29, 0.717) is 29.8 Å². The minimum Gasteiger partial charge on any atom is -0.493 e. The zero-order valence-electron chi connectivity index (χ0n) is 14.8. The summed E-state index contributed by atoms with van der Waals surface area (Å²) in [4.78, 5) is 18.7. The molecule has 1 unspecified atom stereocenters. The number of carboxylic acid groups (broad SMARTS) is 1. The van der Waals surface area contributed by atoms with Gasteiger partial charge in [-0.25, -0.2) is 14.8 Å². The maximum atomic E-state index is 10.8. The highest BCUT2D eigenvalue weighted by Gasteiger charge is 2.12. The molecule has 2 rings (SSSR count). The molecule has 1 atom stereocenters. The van der Waals surface area contributed by atoms with Crippen molar-refractivity contribution in [3.8, 4) is 11.5 Å². The van der Waals surface area contributed by atoms with Gasteiger partial charge >= 0.3 is 5.97 Å². The molecule has 2 aromatic rings. The summed E-state index contributed by atoms with van der Waals surface area (Å²) in [5, 5.41) is 12.0. The molecule has 7 heteroatoms. The molecule has 7 nitrogen and oxygen atoms in total. The van der Waals surface area contributed by atoms with Crippen molar-refractivity contribution in [3.63, 3.8) is 0 Å². The fraction of sp³-hybridized carbons (Fsp3) is 0.389. The number of hydrogen-bond acceptors (Lipinski definition) is 6. The second kappa shape index (κ2) is 8.32. The summed E-state index contributed by atoms with van der Waals surface area (Å²) in [5.74, 6) is 1.19. The molecule has 134 valence electrons. The molecule has 0 bridgehead atoms. The molecule has 0 radical (unpaired) electrons. The molecule has 1 aromatic heterocycles. The third-order valence-corrected chi connectivity index (χ3v) is 3.50. The van der Waals surface area contributed by atoms with Gasteiger partial charge in [0.25, 0.3) is 0 Å². The number of nitrogens with zero attached hydrogens (tertiary/aromatic N) is 2. The molecule has 0 spiro atoms. The summed E-state index contributed by atoms with van der Waals surface area (Å²) in [6.07, 6.45) is 2.62. The third kappa shape index (κ3) is 5.07. The largest absolute Gasteiger partial charge is 0.493 e. The zero-order chi connectivity index (χ0) is 18.4. The van der Waals surface area contributed by atoms with Gasteiger partial charge in [-0.05, 0) is 30.5 Å². The van der Waals surface area contributed by atoms with Crippen molar-refractivity contribution in [2.24, 2.45) is 5.92 Å². The standard InChI is InChI=1S/C18H23N3O4/c1-11(2)10-25-15-6-5-13(7-16(15)24-4)12(3)21-17-9-19-14(8-20-17)18(22)23/h5-9,11-12H,10H2,1-4H3,(H,20,21)(H,22,23). The number of carboxylic acids is 1. The highest BCUT2D eigenvalue weighted by atomic mass is 16.5. The van der Waals surface area contributed by atoms with Gasteiger partial charge in [0.15, 0.2) is 17.2 Å². The normalized spacial score (nSPS) is 11.9. The Morgan fingerprint density at radius 3 is 2.52 bits per heavy atom. The summed E-state index contributed by atoms with van der Waals surface area (Å²) >= 11 is 0. The number of benzene rings is 1. The van der Waals surface area contributed by atoms with Crippen LogP contribution in [0, 0.1) is 5.92 Å². The van der Waals surface area contributed by atoms with E-state index in [1.807, 2.05) is 25.1 Å². The van der Waals surface area contributed by atoms with Gasteiger partial charge in [0, 0.05) is 0 Å². The van der Waals surface area contributed by atoms with Crippen LogP contribution in [0.2, 0.25) is 0 Å². The Morgan fingerprint density at radius 2 is 1.96 bits per heavy atom. The van der Waals surface area contributed by atoms with E-state index < -0.39 is 5.97 Å². The van der Waals surface area contributed by atoms with Gasteiger partial charge in [0.2, 0.25) is 0 Å². The summed E-state index contributed by atoms with van der Waals surface area (Å²) in [5.41, 5.74) is 0.893. The first-order valence-electron chi connectivity index (χ1n) is 8.03. The molecule has 0 aliphatic rings.